The molecule has 0 atom stereocenters. The molecule has 0 aromatic heterocycles. The van der Waals surface area contributed by atoms with Crippen LogP contribution in [-0.4, -0.2) is 23.1 Å². The van der Waals surface area contributed by atoms with Crippen molar-refractivity contribution in [3.05, 3.63) is 36.8 Å². The van der Waals surface area contributed by atoms with Crippen LogP contribution >= 0.6 is 0 Å². The van der Waals surface area contributed by atoms with Crippen LogP contribution in [0, 0.1) is 6.26 Å². The molecular formula is C8H5BrMgO2. The monoisotopic (exact) mass is 236 g/mol. The zero-order valence-electron chi connectivity index (χ0n) is 6.29. The van der Waals surface area contributed by atoms with E-state index in [1.54, 1.807) is 0 Å². The first kappa shape index (κ1) is 11.8. The average Bonchev–Trinajstić information content (AvgIpc) is 2.05. The molecule has 0 spiro atoms. The van der Waals surface area contributed by atoms with E-state index in [1.165, 1.54) is 6.26 Å². The van der Waals surface area contributed by atoms with E-state index < -0.39 is 0 Å². The van der Waals surface area contributed by atoms with Crippen molar-refractivity contribution in [3.8, 4) is 11.5 Å². The summed E-state index contributed by atoms with van der Waals surface area (Å²) in [5.74, 6) is 1.45. The molecule has 1 heterocycles. The number of halogens is 1. The fourth-order valence-electron chi connectivity index (χ4n) is 0.807. The minimum atomic E-state index is 0. The SMILES string of the molecule is [Br-].[C-]1=COc2ccccc2O1.[Mg+2]. The largest absolute Gasteiger partial charge is 2.00 e. The zero-order valence-corrected chi connectivity index (χ0v) is 9.29. The Morgan fingerprint density at radius 1 is 1.08 bits per heavy atom. The molecule has 1 aromatic carbocycles. The normalized spacial score (nSPS) is 11.0. The quantitative estimate of drug-likeness (QED) is 0.398. The number of ether oxygens (including phenoxy) is 2. The summed E-state index contributed by atoms with van der Waals surface area (Å²) < 4.78 is 10.1. The predicted octanol–water partition coefficient (Wildman–Crippen LogP) is -1.64. The molecule has 1 aliphatic rings. The average molecular weight is 237 g/mol. The first-order valence-electron chi connectivity index (χ1n) is 2.96. The van der Waals surface area contributed by atoms with Crippen LogP contribution in [0.5, 0.6) is 11.5 Å². The van der Waals surface area contributed by atoms with Crippen LogP contribution in [-0.2, 0) is 0 Å². The van der Waals surface area contributed by atoms with E-state index in [1.807, 2.05) is 24.3 Å². The topological polar surface area (TPSA) is 18.5 Å². The summed E-state index contributed by atoms with van der Waals surface area (Å²) >= 11 is 0. The van der Waals surface area contributed by atoms with Crippen molar-refractivity contribution >= 4 is 23.1 Å². The molecule has 1 aliphatic heterocycles. The van der Waals surface area contributed by atoms with E-state index in [9.17, 15) is 0 Å². The van der Waals surface area contributed by atoms with Gasteiger partial charge in [-0.3, -0.25) is 0 Å². The summed E-state index contributed by atoms with van der Waals surface area (Å²) in [6.45, 7) is 0. The molecule has 0 bridgehead atoms. The van der Waals surface area contributed by atoms with Crippen LogP contribution in [0.3, 0.4) is 0 Å². The van der Waals surface area contributed by atoms with Gasteiger partial charge in [0.05, 0.1) is 5.75 Å². The van der Waals surface area contributed by atoms with Crippen LogP contribution in [0.1, 0.15) is 0 Å². The van der Waals surface area contributed by atoms with E-state index in [0.717, 1.165) is 5.75 Å². The molecule has 0 fully saturated rings. The fraction of sp³-hybridized carbons (Fsp3) is 0. The Bertz CT molecular complexity index is 249. The molecule has 0 N–H and O–H groups in total. The summed E-state index contributed by atoms with van der Waals surface area (Å²) in [5.41, 5.74) is 0. The van der Waals surface area contributed by atoms with Crippen molar-refractivity contribution in [2.45, 2.75) is 0 Å². The van der Waals surface area contributed by atoms with E-state index in [2.05, 4.69) is 6.26 Å². The molecule has 58 valence electrons. The standard InChI is InChI=1S/C8H5O2.BrH.Mg/c1-2-4-8-7(3-1)9-5-6-10-8;;/h1-5H;1H;/q-1;;+2/p-1. The Kier molecular flexibility index (Phi) is 5.36. The fourth-order valence-corrected chi connectivity index (χ4v) is 0.807. The number of hydrogen-bond acceptors (Lipinski definition) is 2. The van der Waals surface area contributed by atoms with Crippen molar-refractivity contribution < 1.29 is 26.5 Å². The van der Waals surface area contributed by atoms with Gasteiger partial charge in [0.2, 0.25) is 0 Å². The molecule has 2 rings (SSSR count). The van der Waals surface area contributed by atoms with Gasteiger partial charge in [-0.05, 0) is 12.3 Å². The molecule has 0 amide bonds. The van der Waals surface area contributed by atoms with Crippen LogP contribution in [0.25, 0.3) is 0 Å². The van der Waals surface area contributed by atoms with E-state index >= 15 is 0 Å². The zero-order chi connectivity index (χ0) is 6.81. The minimum Gasteiger partial charge on any atom is -1.00 e. The van der Waals surface area contributed by atoms with Gasteiger partial charge in [0, 0.05) is 12.0 Å². The van der Waals surface area contributed by atoms with Crippen molar-refractivity contribution in [1.82, 2.24) is 0 Å². The Morgan fingerprint density at radius 3 is 2.42 bits per heavy atom. The number of hydrogen-bond donors (Lipinski definition) is 0. The maximum atomic E-state index is 5.06. The second-order valence-corrected chi connectivity index (χ2v) is 1.90. The third-order valence-electron chi connectivity index (χ3n) is 1.25. The van der Waals surface area contributed by atoms with Crippen LogP contribution in [0.2, 0.25) is 0 Å². The predicted molar refractivity (Wildman–Crippen MR) is 41.3 cm³/mol. The third-order valence-corrected chi connectivity index (χ3v) is 1.25. The summed E-state index contributed by atoms with van der Waals surface area (Å²) in [6.07, 6.45) is 3.88. The van der Waals surface area contributed by atoms with Gasteiger partial charge in [0.25, 0.3) is 0 Å². The molecule has 0 saturated heterocycles. The van der Waals surface area contributed by atoms with Crippen molar-refractivity contribution in [2.75, 3.05) is 0 Å². The van der Waals surface area contributed by atoms with Gasteiger partial charge in [0.1, 0.15) is 0 Å². The van der Waals surface area contributed by atoms with Gasteiger partial charge in [-0.15, -0.1) is 6.07 Å². The molecule has 0 radical (unpaired) electrons. The van der Waals surface area contributed by atoms with Gasteiger partial charge in [0.15, 0.2) is 0 Å². The summed E-state index contributed by atoms with van der Waals surface area (Å²) in [7, 11) is 0. The first-order chi connectivity index (χ1) is 4.97. The molecular weight excluding hydrogens is 232 g/mol. The summed E-state index contributed by atoms with van der Waals surface area (Å²) in [6, 6.07) is 7.44. The summed E-state index contributed by atoms with van der Waals surface area (Å²) in [4.78, 5) is 0. The Balaban J connectivity index is 0.000000605. The molecule has 0 aliphatic carbocycles. The molecule has 1 aromatic rings. The molecule has 2 nitrogen and oxygen atoms in total. The Labute approximate surface area is 97.5 Å². The second kappa shape index (κ2) is 5.45. The number of benzene rings is 1. The minimum absolute atomic E-state index is 0. The van der Waals surface area contributed by atoms with E-state index in [-0.39, 0.29) is 40.0 Å². The van der Waals surface area contributed by atoms with Gasteiger partial charge in [-0.1, -0.05) is 12.1 Å². The number of para-hydroxylation sites is 2. The van der Waals surface area contributed by atoms with Crippen molar-refractivity contribution in [3.63, 3.8) is 0 Å². The van der Waals surface area contributed by atoms with Gasteiger partial charge < -0.3 is 26.5 Å². The Hall–Kier alpha value is -0.194. The van der Waals surface area contributed by atoms with Crippen LogP contribution in [0.15, 0.2) is 30.5 Å². The maximum absolute atomic E-state index is 5.06. The second-order valence-electron chi connectivity index (χ2n) is 1.90. The van der Waals surface area contributed by atoms with Crippen molar-refractivity contribution in [2.24, 2.45) is 0 Å². The van der Waals surface area contributed by atoms with Gasteiger partial charge in [-0.2, -0.15) is 0 Å². The van der Waals surface area contributed by atoms with Gasteiger partial charge in [-0.25, -0.2) is 0 Å². The maximum Gasteiger partial charge on any atom is 2.00 e. The molecule has 0 unspecified atom stereocenters. The van der Waals surface area contributed by atoms with Crippen LogP contribution in [0.4, 0.5) is 0 Å². The van der Waals surface area contributed by atoms with E-state index in [0.29, 0.717) is 5.75 Å². The molecule has 0 saturated carbocycles. The van der Waals surface area contributed by atoms with Crippen molar-refractivity contribution in [1.29, 1.82) is 0 Å². The smallest absolute Gasteiger partial charge is 1.00 e. The van der Waals surface area contributed by atoms with E-state index in [4.69, 9.17) is 9.47 Å². The molecule has 4 heteroatoms. The Morgan fingerprint density at radius 2 is 1.75 bits per heavy atom. The number of fused-ring (bicyclic) bond motifs is 1. The van der Waals surface area contributed by atoms with Gasteiger partial charge >= 0.3 is 23.1 Å². The number of rotatable bonds is 0. The van der Waals surface area contributed by atoms with Crippen LogP contribution < -0.4 is 26.5 Å². The first-order valence-corrected chi connectivity index (χ1v) is 2.96. The third kappa shape index (κ3) is 2.40. The summed E-state index contributed by atoms with van der Waals surface area (Å²) in [5, 5.41) is 0. The molecule has 12 heavy (non-hydrogen) atoms.